The molecular formula is C23H26N2O7. The molecule has 2 aromatic carbocycles. The lowest BCUT2D eigenvalue weighted by Gasteiger charge is -2.22. The second-order valence-electron chi connectivity index (χ2n) is 7.08. The summed E-state index contributed by atoms with van der Waals surface area (Å²) >= 11 is 0. The van der Waals surface area contributed by atoms with Gasteiger partial charge in [0, 0.05) is 24.5 Å². The van der Waals surface area contributed by atoms with Crippen LogP contribution in [0.25, 0.3) is 0 Å². The van der Waals surface area contributed by atoms with E-state index in [0.717, 1.165) is 11.1 Å². The van der Waals surface area contributed by atoms with Crippen LogP contribution in [0.1, 0.15) is 36.4 Å². The lowest BCUT2D eigenvalue weighted by atomic mass is 9.97. The summed E-state index contributed by atoms with van der Waals surface area (Å²) in [4.78, 5) is 23.9. The highest BCUT2D eigenvalue weighted by molar-refractivity contribution is 6.05. The molecule has 1 N–H and O–H groups in total. The maximum atomic E-state index is 12.9. The Kier molecular flexibility index (Phi) is 7.19. The number of amides is 1. The van der Waals surface area contributed by atoms with E-state index in [9.17, 15) is 9.59 Å². The van der Waals surface area contributed by atoms with Gasteiger partial charge in [0.1, 0.15) is 11.5 Å². The van der Waals surface area contributed by atoms with E-state index in [1.807, 2.05) is 12.1 Å². The number of ether oxygens (including phenoxy) is 4. The third-order valence-electron chi connectivity index (χ3n) is 5.23. The van der Waals surface area contributed by atoms with E-state index in [1.165, 1.54) is 12.1 Å². The van der Waals surface area contributed by atoms with Gasteiger partial charge < -0.3 is 24.1 Å². The normalized spacial score (nSPS) is 15.2. The zero-order valence-corrected chi connectivity index (χ0v) is 18.5. The number of carbonyl (C=O) groups is 2. The molecule has 0 aromatic heterocycles. The van der Waals surface area contributed by atoms with Gasteiger partial charge in [-0.05, 0) is 29.8 Å². The summed E-state index contributed by atoms with van der Waals surface area (Å²) in [5.41, 5.74) is 2.16. The molecule has 1 aliphatic rings. The van der Waals surface area contributed by atoms with Crippen molar-refractivity contribution < 1.29 is 33.6 Å². The molecule has 0 aliphatic carbocycles. The number of nitrogens with zero attached hydrogens (tertiary/aromatic N) is 2. The number of rotatable bonds is 9. The van der Waals surface area contributed by atoms with Crippen LogP contribution in [0, 0.1) is 0 Å². The summed E-state index contributed by atoms with van der Waals surface area (Å²) in [5, 5.41) is 14.9. The Morgan fingerprint density at radius 2 is 1.66 bits per heavy atom. The molecule has 9 heteroatoms. The molecule has 1 amide bonds. The predicted octanol–water partition coefficient (Wildman–Crippen LogP) is 3.26. The molecule has 2 aromatic rings. The number of carboxylic acids is 1. The average Bonchev–Trinajstić information content (AvgIpc) is 3.26. The number of carboxylic acid groups (broad SMARTS) is 1. The average molecular weight is 442 g/mol. The molecule has 32 heavy (non-hydrogen) atoms. The predicted molar refractivity (Wildman–Crippen MR) is 117 cm³/mol. The highest BCUT2D eigenvalue weighted by atomic mass is 16.5. The van der Waals surface area contributed by atoms with E-state index >= 15 is 0 Å². The first-order valence-corrected chi connectivity index (χ1v) is 9.97. The zero-order chi connectivity index (χ0) is 23.3. The Balaban J connectivity index is 2.00. The fourth-order valence-electron chi connectivity index (χ4n) is 3.59. The van der Waals surface area contributed by atoms with Gasteiger partial charge in [-0.1, -0.05) is 6.07 Å². The van der Waals surface area contributed by atoms with Crippen molar-refractivity contribution in [2.24, 2.45) is 5.10 Å². The monoisotopic (exact) mass is 442 g/mol. The molecular weight excluding hydrogens is 416 g/mol. The topological polar surface area (TPSA) is 107 Å². The largest absolute Gasteiger partial charge is 0.497 e. The van der Waals surface area contributed by atoms with Crippen molar-refractivity contribution in [1.82, 2.24) is 5.01 Å². The number of hydrogen-bond donors (Lipinski definition) is 1. The number of carbonyl (C=O) groups excluding carboxylic acids is 1. The lowest BCUT2D eigenvalue weighted by Crippen LogP contribution is -2.27. The van der Waals surface area contributed by atoms with Crippen LogP contribution < -0.4 is 18.9 Å². The van der Waals surface area contributed by atoms with Gasteiger partial charge in [0.15, 0.2) is 11.5 Å². The van der Waals surface area contributed by atoms with Crippen LogP contribution in [-0.4, -0.2) is 56.1 Å². The first-order valence-electron chi connectivity index (χ1n) is 9.97. The highest BCUT2D eigenvalue weighted by Gasteiger charge is 2.34. The van der Waals surface area contributed by atoms with Crippen molar-refractivity contribution in [3.8, 4) is 23.0 Å². The molecule has 9 nitrogen and oxygen atoms in total. The molecule has 170 valence electrons. The van der Waals surface area contributed by atoms with Gasteiger partial charge in [0.25, 0.3) is 0 Å². The number of aliphatic carboxylic acids is 1. The van der Waals surface area contributed by atoms with Crippen LogP contribution in [0.15, 0.2) is 41.5 Å². The fourth-order valence-corrected chi connectivity index (χ4v) is 3.59. The van der Waals surface area contributed by atoms with Gasteiger partial charge in [-0.25, -0.2) is 5.01 Å². The second-order valence-corrected chi connectivity index (χ2v) is 7.08. The summed E-state index contributed by atoms with van der Waals surface area (Å²) < 4.78 is 21.5. The van der Waals surface area contributed by atoms with Gasteiger partial charge in [-0.2, -0.15) is 5.10 Å². The van der Waals surface area contributed by atoms with Gasteiger partial charge >= 0.3 is 5.97 Å². The van der Waals surface area contributed by atoms with Crippen molar-refractivity contribution in [3.05, 3.63) is 47.5 Å². The Bertz CT molecular complexity index is 1040. The van der Waals surface area contributed by atoms with Crippen molar-refractivity contribution in [2.45, 2.75) is 25.3 Å². The smallest absolute Gasteiger partial charge is 0.303 e. The van der Waals surface area contributed by atoms with Crippen LogP contribution in [0.3, 0.4) is 0 Å². The third kappa shape index (κ3) is 4.77. The van der Waals surface area contributed by atoms with E-state index in [1.54, 1.807) is 45.6 Å². The lowest BCUT2D eigenvalue weighted by molar-refractivity contribution is -0.141. The van der Waals surface area contributed by atoms with E-state index in [-0.39, 0.29) is 18.7 Å². The highest BCUT2D eigenvalue weighted by Crippen LogP contribution is 2.39. The van der Waals surface area contributed by atoms with Crippen LogP contribution in [0.5, 0.6) is 23.0 Å². The maximum absolute atomic E-state index is 12.9. The summed E-state index contributed by atoms with van der Waals surface area (Å²) in [6, 6.07) is 10.3. The van der Waals surface area contributed by atoms with E-state index < -0.39 is 12.0 Å². The first-order chi connectivity index (χ1) is 15.4. The number of hydrazone groups is 1. The minimum absolute atomic E-state index is 0.157. The molecule has 0 fully saturated rings. The molecule has 0 saturated carbocycles. The Labute approximate surface area is 186 Å². The summed E-state index contributed by atoms with van der Waals surface area (Å²) in [7, 11) is 6.20. The molecule has 0 spiro atoms. The number of methoxy groups -OCH3 is 4. The zero-order valence-electron chi connectivity index (χ0n) is 18.5. The van der Waals surface area contributed by atoms with Crippen LogP contribution in [-0.2, 0) is 9.59 Å². The SMILES string of the molecule is COc1ccc(C2=NN(C(=O)CCC(=O)O)[C@@H](c3ccc(OC)c(OC)c3)C2)c(OC)c1. The van der Waals surface area contributed by atoms with Crippen molar-refractivity contribution >= 4 is 17.6 Å². The van der Waals surface area contributed by atoms with E-state index in [0.29, 0.717) is 35.1 Å². The molecule has 0 unspecified atom stereocenters. The molecule has 0 bridgehead atoms. The fraction of sp³-hybridized carbons (Fsp3) is 0.348. The summed E-state index contributed by atoms with van der Waals surface area (Å²) in [5.74, 6) is 0.870. The quantitative estimate of drug-likeness (QED) is 0.635. The Morgan fingerprint density at radius 1 is 0.938 bits per heavy atom. The standard InChI is InChI=1S/C23H26N2O7/c1-29-15-6-7-16(20(12-15)31-3)17-13-18(25(24-17)22(26)9-10-23(27)28)14-5-8-19(30-2)21(11-14)32-4/h5-8,11-12,18H,9-10,13H2,1-4H3,(H,27,28)/t18-/m1/s1. The second kappa shape index (κ2) is 10.0. The van der Waals surface area contributed by atoms with Gasteiger partial charge in [-0.3, -0.25) is 9.59 Å². The molecule has 0 radical (unpaired) electrons. The molecule has 1 heterocycles. The van der Waals surface area contributed by atoms with Gasteiger partial charge in [-0.15, -0.1) is 0 Å². The van der Waals surface area contributed by atoms with E-state index in [2.05, 4.69) is 5.10 Å². The Hall–Kier alpha value is -3.75. The van der Waals surface area contributed by atoms with Gasteiger partial charge in [0.05, 0.1) is 46.6 Å². The minimum Gasteiger partial charge on any atom is -0.497 e. The minimum atomic E-state index is -1.04. The van der Waals surface area contributed by atoms with Crippen LogP contribution in [0.2, 0.25) is 0 Å². The molecule has 3 rings (SSSR count). The summed E-state index contributed by atoms with van der Waals surface area (Å²) in [6.45, 7) is 0. The van der Waals surface area contributed by atoms with Crippen LogP contribution in [0.4, 0.5) is 0 Å². The van der Waals surface area contributed by atoms with Crippen molar-refractivity contribution in [3.63, 3.8) is 0 Å². The molecule has 0 saturated heterocycles. The third-order valence-corrected chi connectivity index (χ3v) is 5.23. The van der Waals surface area contributed by atoms with Crippen LogP contribution >= 0.6 is 0 Å². The Morgan fingerprint density at radius 3 is 2.28 bits per heavy atom. The molecule has 1 atom stereocenters. The first kappa shape index (κ1) is 22.9. The van der Waals surface area contributed by atoms with Crippen molar-refractivity contribution in [1.29, 1.82) is 0 Å². The summed E-state index contributed by atoms with van der Waals surface area (Å²) in [6.07, 6.45) is -0.0165. The maximum Gasteiger partial charge on any atom is 0.303 e. The number of benzene rings is 2. The number of hydrogen-bond acceptors (Lipinski definition) is 7. The van der Waals surface area contributed by atoms with E-state index in [4.69, 9.17) is 24.1 Å². The van der Waals surface area contributed by atoms with Crippen molar-refractivity contribution in [2.75, 3.05) is 28.4 Å². The van der Waals surface area contributed by atoms with Gasteiger partial charge in [0.2, 0.25) is 5.91 Å². The molecule has 1 aliphatic heterocycles.